The number of rotatable bonds is 8. The van der Waals surface area contributed by atoms with Crippen LogP contribution < -0.4 is 5.32 Å². The summed E-state index contributed by atoms with van der Waals surface area (Å²) in [6.07, 6.45) is 0. The molecule has 0 aromatic heterocycles. The zero-order chi connectivity index (χ0) is 36.9. The van der Waals surface area contributed by atoms with Crippen molar-refractivity contribution in [3.8, 4) is 0 Å². The van der Waals surface area contributed by atoms with E-state index in [2.05, 4.69) is 46.9 Å². The first-order valence-corrected chi connectivity index (χ1v) is 20.1. The molecule has 0 amide bonds. The Morgan fingerprint density at radius 2 is 0.882 bits per heavy atom. The molecule has 2 atom stereocenters. The molecular weight excluding hydrogens is 679 g/mol. The van der Waals surface area contributed by atoms with E-state index in [4.69, 9.17) is 9.98 Å². The van der Waals surface area contributed by atoms with Gasteiger partial charge in [-0.3, -0.25) is 9.98 Å². The van der Waals surface area contributed by atoms with Crippen molar-refractivity contribution in [2.45, 2.75) is 77.3 Å². The van der Waals surface area contributed by atoms with Crippen molar-refractivity contribution >= 4 is 43.1 Å². The van der Waals surface area contributed by atoms with Crippen LogP contribution in [0.3, 0.4) is 0 Å². The lowest BCUT2D eigenvalue weighted by Gasteiger charge is -2.27. The zero-order valence-electron chi connectivity index (χ0n) is 30.5. The van der Waals surface area contributed by atoms with Crippen LogP contribution in [0.1, 0.15) is 63.8 Å². The molecule has 6 rings (SSSR count). The molecule has 0 aliphatic carbocycles. The minimum absolute atomic E-state index is 0.202. The van der Waals surface area contributed by atoms with Crippen molar-refractivity contribution in [1.82, 2.24) is 8.61 Å². The summed E-state index contributed by atoms with van der Waals surface area (Å²) in [4.78, 5) is 10.5. The van der Waals surface area contributed by atoms with Crippen LogP contribution in [0.4, 0.5) is 11.4 Å². The van der Waals surface area contributed by atoms with E-state index < -0.39 is 20.0 Å². The number of anilines is 2. The van der Waals surface area contributed by atoms with Crippen LogP contribution in [-0.2, 0) is 20.0 Å². The van der Waals surface area contributed by atoms with E-state index in [-0.39, 0.29) is 45.8 Å². The van der Waals surface area contributed by atoms with Gasteiger partial charge < -0.3 is 5.32 Å². The number of amidine groups is 2. The number of nitrogens with zero attached hydrogens (tertiary/aromatic N) is 4. The van der Waals surface area contributed by atoms with Crippen LogP contribution in [-0.4, -0.2) is 62.3 Å². The van der Waals surface area contributed by atoms with Gasteiger partial charge in [0.15, 0.2) is 0 Å². The largest absolute Gasteiger partial charge is 0.354 e. The first kappa shape index (κ1) is 36.3. The monoisotopic (exact) mass is 725 g/mol. The molecular formula is C40H47N5O4S2. The Hall–Kier alpha value is -4.48. The zero-order valence-corrected chi connectivity index (χ0v) is 32.2. The van der Waals surface area contributed by atoms with Gasteiger partial charge in [-0.15, -0.1) is 0 Å². The quantitative estimate of drug-likeness (QED) is 0.200. The van der Waals surface area contributed by atoms with E-state index in [1.54, 1.807) is 48.5 Å². The predicted octanol–water partition coefficient (Wildman–Crippen LogP) is 7.78. The fourth-order valence-corrected chi connectivity index (χ4v) is 9.04. The molecule has 2 aliphatic rings. The molecule has 4 aromatic rings. The molecule has 0 bridgehead atoms. The highest BCUT2D eigenvalue weighted by Crippen LogP contribution is 2.37. The number of benzene rings is 4. The van der Waals surface area contributed by atoms with Crippen LogP contribution in [0.5, 0.6) is 0 Å². The van der Waals surface area contributed by atoms with Crippen LogP contribution >= 0.6 is 0 Å². The summed E-state index contributed by atoms with van der Waals surface area (Å²) in [5.74, 6) is 0.705. The number of para-hydroxylation sites is 2. The van der Waals surface area contributed by atoms with Gasteiger partial charge in [-0.25, -0.2) is 25.4 Å². The molecule has 0 radical (unpaired) electrons. The minimum Gasteiger partial charge on any atom is -0.354 e. The third-order valence-electron chi connectivity index (χ3n) is 9.53. The van der Waals surface area contributed by atoms with Crippen molar-refractivity contribution in [2.75, 3.05) is 18.4 Å². The van der Waals surface area contributed by atoms with E-state index in [0.717, 1.165) is 11.1 Å². The summed E-state index contributed by atoms with van der Waals surface area (Å²) in [5, 5.41) is 3.54. The number of hydrogen-bond acceptors (Lipinski definition) is 7. The smallest absolute Gasteiger partial charge is 0.265 e. The van der Waals surface area contributed by atoms with E-state index in [0.29, 0.717) is 34.2 Å². The topological polar surface area (TPSA) is 112 Å². The van der Waals surface area contributed by atoms with Gasteiger partial charge in [0.1, 0.15) is 11.7 Å². The first-order valence-electron chi connectivity index (χ1n) is 17.2. The normalized spacial score (nSPS) is 18.5. The lowest BCUT2D eigenvalue weighted by molar-refractivity contribution is 0.316. The Morgan fingerprint density at radius 1 is 0.549 bits per heavy atom. The summed E-state index contributed by atoms with van der Waals surface area (Å²) in [5.41, 5.74) is 3.82. The maximum absolute atomic E-state index is 14.2. The van der Waals surface area contributed by atoms with Gasteiger partial charge in [-0.1, -0.05) is 101 Å². The Labute approximate surface area is 303 Å². The van der Waals surface area contributed by atoms with Gasteiger partial charge in [0.25, 0.3) is 20.0 Å². The van der Waals surface area contributed by atoms with Gasteiger partial charge >= 0.3 is 0 Å². The SMILES string of the molecule is Cc1ccc(S(=O)(=O)N2C[C@H](C(C)(C)C)N=C2c2ccccc2Nc2ccccc2C2=N[C@@H](C(C)(C)C)CN2S(=O)(=O)c2ccc(C)cc2)cc1. The van der Waals surface area contributed by atoms with Gasteiger partial charge in [0.05, 0.1) is 35.0 Å². The molecule has 0 spiro atoms. The maximum atomic E-state index is 14.2. The Bertz CT molecular complexity index is 2060. The molecule has 0 fully saturated rings. The molecule has 0 saturated carbocycles. The molecule has 4 aromatic carbocycles. The summed E-state index contributed by atoms with van der Waals surface area (Å²) >= 11 is 0. The highest BCUT2D eigenvalue weighted by Gasteiger charge is 2.42. The third kappa shape index (κ3) is 7.19. The third-order valence-corrected chi connectivity index (χ3v) is 13.1. The summed E-state index contributed by atoms with van der Waals surface area (Å²) < 4.78 is 59.7. The molecule has 0 saturated heterocycles. The number of aryl methyl sites for hydroxylation is 2. The molecule has 51 heavy (non-hydrogen) atoms. The van der Waals surface area contributed by atoms with E-state index >= 15 is 0 Å². The van der Waals surface area contributed by atoms with Crippen LogP contribution in [0, 0.1) is 24.7 Å². The lowest BCUT2D eigenvalue weighted by atomic mass is 9.88. The van der Waals surface area contributed by atoms with Gasteiger partial charge in [-0.2, -0.15) is 0 Å². The predicted molar refractivity (Wildman–Crippen MR) is 206 cm³/mol. The second-order valence-corrected chi connectivity index (χ2v) is 19.3. The molecule has 9 nitrogen and oxygen atoms in total. The second kappa shape index (κ2) is 13.2. The van der Waals surface area contributed by atoms with Crippen LogP contribution in [0.25, 0.3) is 0 Å². The average Bonchev–Trinajstić information content (AvgIpc) is 3.73. The maximum Gasteiger partial charge on any atom is 0.265 e. The van der Waals surface area contributed by atoms with Crippen molar-refractivity contribution in [3.63, 3.8) is 0 Å². The molecule has 0 unspecified atom stereocenters. The highest BCUT2D eigenvalue weighted by atomic mass is 32.2. The van der Waals surface area contributed by atoms with E-state index in [9.17, 15) is 16.8 Å². The van der Waals surface area contributed by atoms with Crippen molar-refractivity contribution < 1.29 is 16.8 Å². The summed E-state index contributed by atoms with van der Waals surface area (Å²) in [7, 11) is -7.89. The number of nitrogens with one attached hydrogen (secondary N) is 1. The van der Waals surface area contributed by atoms with Gasteiger partial charge in [-0.05, 0) is 73.2 Å². The average molecular weight is 726 g/mol. The Morgan fingerprint density at radius 3 is 1.22 bits per heavy atom. The molecule has 268 valence electrons. The number of sulfonamides is 2. The second-order valence-electron chi connectivity index (χ2n) is 15.6. The molecule has 2 heterocycles. The van der Waals surface area contributed by atoms with Gasteiger partial charge in [0.2, 0.25) is 0 Å². The van der Waals surface area contributed by atoms with Crippen LogP contribution in [0.2, 0.25) is 0 Å². The van der Waals surface area contributed by atoms with Crippen molar-refractivity contribution in [1.29, 1.82) is 0 Å². The van der Waals surface area contributed by atoms with Gasteiger partial charge in [0, 0.05) is 22.5 Å². The lowest BCUT2D eigenvalue weighted by Crippen LogP contribution is -2.38. The highest BCUT2D eigenvalue weighted by molar-refractivity contribution is 7.90. The summed E-state index contributed by atoms with van der Waals surface area (Å²) in [6, 6.07) is 28.1. The Kier molecular flexibility index (Phi) is 9.43. The Balaban J connectivity index is 1.44. The minimum atomic E-state index is -3.95. The molecule has 2 aliphatic heterocycles. The number of hydrogen-bond donors (Lipinski definition) is 1. The first-order chi connectivity index (χ1) is 23.9. The van der Waals surface area contributed by atoms with Crippen molar-refractivity contribution in [2.24, 2.45) is 20.8 Å². The molecule has 11 heteroatoms. The van der Waals surface area contributed by atoms with Crippen LogP contribution in [0.15, 0.2) is 117 Å². The van der Waals surface area contributed by atoms with Crippen molar-refractivity contribution in [3.05, 3.63) is 119 Å². The fourth-order valence-electron chi connectivity index (χ4n) is 6.15. The molecule has 1 N–H and O–H groups in total. The number of aliphatic imine (C=N–C) groups is 2. The summed E-state index contributed by atoms with van der Waals surface area (Å²) in [6.45, 7) is 16.6. The van der Waals surface area contributed by atoms with E-state index in [1.807, 2.05) is 62.4 Å². The van der Waals surface area contributed by atoms with E-state index in [1.165, 1.54) is 8.61 Å². The standard InChI is InChI=1S/C40H47N5O4S2/c1-27-17-21-29(22-18-27)50(46,47)44-25-35(39(3,4)5)42-37(44)31-13-9-11-15-33(31)41-34-16-12-10-14-32(34)38-43-36(40(6,7)8)26-45(38)51(48,49)30-23-19-28(2)20-24-30/h9-24,35-36,41H,25-26H2,1-8H3/t35-,36-/m1/s1. The fraction of sp³-hybridized carbons (Fsp3) is 0.350.